The van der Waals surface area contributed by atoms with Gasteiger partial charge >= 0.3 is 0 Å². The van der Waals surface area contributed by atoms with Crippen LogP contribution < -0.4 is 5.32 Å². The number of hydrogen-bond donors (Lipinski definition) is 1. The SMILES string of the molecule is CCn1nc(CCC(COC)NC)c2ccccc21. The molecular weight excluding hydrogens is 238 g/mol. The summed E-state index contributed by atoms with van der Waals surface area (Å²) in [6.07, 6.45) is 2.01. The molecule has 1 aromatic heterocycles. The fourth-order valence-electron chi connectivity index (χ4n) is 2.45. The first kappa shape index (κ1) is 14.0. The summed E-state index contributed by atoms with van der Waals surface area (Å²) in [4.78, 5) is 0. The number of ether oxygens (including phenoxy) is 1. The fourth-order valence-corrected chi connectivity index (χ4v) is 2.45. The van der Waals surface area contributed by atoms with Crippen LogP contribution in [0.5, 0.6) is 0 Å². The lowest BCUT2D eigenvalue weighted by atomic mass is 10.1. The van der Waals surface area contributed by atoms with Crippen LogP contribution in [0.15, 0.2) is 24.3 Å². The van der Waals surface area contributed by atoms with Crippen molar-refractivity contribution >= 4 is 10.9 Å². The summed E-state index contributed by atoms with van der Waals surface area (Å²) in [5.41, 5.74) is 2.42. The van der Waals surface area contributed by atoms with Gasteiger partial charge in [0.1, 0.15) is 0 Å². The summed E-state index contributed by atoms with van der Waals surface area (Å²) < 4.78 is 7.29. The van der Waals surface area contributed by atoms with Gasteiger partial charge in [-0.3, -0.25) is 4.68 Å². The molecule has 0 fully saturated rings. The molecular formula is C15H23N3O. The zero-order valence-electron chi connectivity index (χ0n) is 12.0. The van der Waals surface area contributed by atoms with E-state index in [1.807, 2.05) is 7.05 Å². The normalized spacial score (nSPS) is 13.0. The molecule has 0 saturated heterocycles. The van der Waals surface area contributed by atoms with Crippen LogP contribution in [0, 0.1) is 0 Å². The van der Waals surface area contributed by atoms with Gasteiger partial charge in [-0.25, -0.2) is 0 Å². The van der Waals surface area contributed by atoms with Crippen molar-refractivity contribution in [2.45, 2.75) is 32.4 Å². The summed E-state index contributed by atoms with van der Waals surface area (Å²) >= 11 is 0. The van der Waals surface area contributed by atoms with Crippen molar-refractivity contribution in [1.29, 1.82) is 0 Å². The monoisotopic (exact) mass is 261 g/mol. The molecule has 1 aromatic carbocycles. The molecule has 0 amide bonds. The molecule has 0 spiro atoms. The second-order valence-corrected chi connectivity index (χ2v) is 4.76. The van der Waals surface area contributed by atoms with Crippen LogP contribution >= 0.6 is 0 Å². The number of benzene rings is 1. The van der Waals surface area contributed by atoms with Crippen LogP contribution in [0.3, 0.4) is 0 Å². The smallest absolute Gasteiger partial charge is 0.0703 e. The van der Waals surface area contributed by atoms with Gasteiger partial charge in [-0.2, -0.15) is 5.10 Å². The van der Waals surface area contributed by atoms with Gasteiger partial charge < -0.3 is 10.1 Å². The van der Waals surface area contributed by atoms with E-state index in [0.29, 0.717) is 6.04 Å². The number of likely N-dealkylation sites (N-methyl/N-ethyl adjacent to an activating group) is 1. The molecule has 0 aliphatic rings. The number of methoxy groups -OCH3 is 1. The minimum Gasteiger partial charge on any atom is -0.383 e. The van der Waals surface area contributed by atoms with Crippen molar-refractivity contribution in [3.05, 3.63) is 30.0 Å². The molecule has 0 radical (unpaired) electrons. The lowest BCUT2D eigenvalue weighted by molar-refractivity contribution is 0.166. The van der Waals surface area contributed by atoms with E-state index < -0.39 is 0 Å². The van der Waals surface area contributed by atoms with Crippen LogP contribution in [0.25, 0.3) is 10.9 Å². The minimum absolute atomic E-state index is 0.385. The molecule has 104 valence electrons. The Balaban J connectivity index is 2.16. The van der Waals surface area contributed by atoms with E-state index in [1.165, 1.54) is 16.6 Å². The van der Waals surface area contributed by atoms with Gasteiger partial charge in [-0.05, 0) is 32.9 Å². The van der Waals surface area contributed by atoms with Crippen molar-refractivity contribution in [2.75, 3.05) is 20.8 Å². The summed E-state index contributed by atoms with van der Waals surface area (Å²) in [7, 11) is 3.72. The molecule has 1 atom stereocenters. The Kier molecular flexibility index (Phi) is 4.93. The number of aromatic nitrogens is 2. The molecule has 4 nitrogen and oxygen atoms in total. The van der Waals surface area contributed by atoms with Gasteiger partial charge in [-0.15, -0.1) is 0 Å². The summed E-state index contributed by atoms with van der Waals surface area (Å²) in [6.45, 7) is 3.78. The van der Waals surface area contributed by atoms with Crippen molar-refractivity contribution in [3.8, 4) is 0 Å². The minimum atomic E-state index is 0.385. The molecule has 0 aliphatic heterocycles. The highest BCUT2D eigenvalue weighted by molar-refractivity contribution is 5.81. The number of hydrogen-bond acceptors (Lipinski definition) is 3. The number of nitrogens with one attached hydrogen (secondary N) is 1. The highest BCUT2D eigenvalue weighted by atomic mass is 16.5. The summed E-state index contributed by atoms with van der Waals surface area (Å²) in [6, 6.07) is 8.84. The number of fused-ring (bicyclic) bond motifs is 1. The Bertz CT molecular complexity index is 521. The number of nitrogens with zero attached hydrogens (tertiary/aromatic N) is 2. The third kappa shape index (κ3) is 3.14. The predicted octanol–water partition coefficient (Wildman–Crippen LogP) is 2.22. The Morgan fingerprint density at radius 2 is 2.16 bits per heavy atom. The second-order valence-electron chi connectivity index (χ2n) is 4.76. The van der Waals surface area contributed by atoms with Crippen LogP contribution in [-0.2, 0) is 17.7 Å². The van der Waals surface area contributed by atoms with E-state index in [0.717, 1.165) is 26.0 Å². The van der Waals surface area contributed by atoms with Gasteiger partial charge in [0.25, 0.3) is 0 Å². The Morgan fingerprint density at radius 1 is 1.37 bits per heavy atom. The largest absolute Gasteiger partial charge is 0.383 e. The van der Waals surface area contributed by atoms with Gasteiger partial charge in [0.15, 0.2) is 0 Å². The fraction of sp³-hybridized carbons (Fsp3) is 0.533. The number of aryl methyl sites for hydroxylation is 2. The van der Waals surface area contributed by atoms with Crippen LogP contribution in [0.2, 0.25) is 0 Å². The number of rotatable bonds is 7. The molecule has 4 heteroatoms. The predicted molar refractivity (Wildman–Crippen MR) is 78.5 cm³/mol. The zero-order chi connectivity index (χ0) is 13.7. The maximum atomic E-state index is 5.21. The topological polar surface area (TPSA) is 39.1 Å². The average Bonchev–Trinajstić information content (AvgIpc) is 2.82. The van der Waals surface area contributed by atoms with Crippen molar-refractivity contribution in [3.63, 3.8) is 0 Å². The van der Waals surface area contributed by atoms with Crippen molar-refractivity contribution < 1.29 is 4.74 Å². The van der Waals surface area contributed by atoms with Crippen LogP contribution in [0.1, 0.15) is 19.0 Å². The van der Waals surface area contributed by atoms with E-state index in [9.17, 15) is 0 Å². The average molecular weight is 261 g/mol. The van der Waals surface area contributed by atoms with Gasteiger partial charge in [0.05, 0.1) is 17.8 Å². The highest BCUT2D eigenvalue weighted by Crippen LogP contribution is 2.20. The third-order valence-electron chi connectivity index (χ3n) is 3.54. The Hall–Kier alpha value is -1.39. The lowest BCUT2D eigenvalue weighted by Gasteiger charge is -2.13. The molecule has 1 unspecified atom stereocenters. The van der Waals surface area contributed by atoms with E-state index in [-0.39, 0.29) is 0 Å². The van der Waals surface area contributed by atoms with Crippen molar-refractivity contribution in [2.24, 2.45) is 0 Å². The van der Waals surface area contributed by atoms with E-state index in [1.54, 1.807) is 7.11 Å². The molecule has 1 heterocycles. The third-order valence-corrected chi connectivity index (χ3v) is 3.54. The molecule has 19 heavy (non-hydrogen) atoms. The Labute approximate surface area is 114 Å². The van der Waals surface area contributed by atoms with E-state index in [2.05, 4.69) is 41.2 Å². The first-order chi connectivity index (χ1) is 9.30. The maximum Gasteiger partial charge on any atom is 0.0703 e. The summed E-state index contributed by atoms with van der Waals surface area (Å²) in [5, 5.41) is 9.28. The molecule has 0 saturated carbocycles. The lowest BCUT2D eigenvalue weighted by Crippen LogP contribution is -2.30. The van der Waals surface area contributed by atoms with E-state index >= 15 is 0 Å². The molecule has 0 bridgehead atoms. The van der Waals surface area contributed by atoms with Gasteiger partial charge in [-0.1, -0.05) is 18.2 Å². The molecule has 2 rings (SSSR count). The quantitative estimate of drug-likeness (QED) is 0.830. The van der Waals surface area contributed by atoms with Crippen LogP contribution in [0.4, 0.5) is 0 Å². The summed E-state index contributed by atoms with van der Waals surface area (Å²) in [5.74, 6) is 0. The molecule has 1 N–H and O–H groups in total. The first-order valence-corrected chi connectivity index (χ1v) is 6.90. The second kappa shape index (κ2) is 6.68. The first-order valence-electron chi connectivity index (χ1n) is 6.90. The van der Waals surface area contributed by atoms with E-state index in [4.69, 9.17) is 9.84 Å². The zero-order valence-corrected chi connectivity index (χ0v) is 12.0. The maximum absolute atomic E-state index is 5.21. The molecule has 2 aromatic rings. The van der Waals surface area contributed by atoms with Crippen LogP contribution in [-0.4, -0.2) is 36.6 Å². The van der Waals surface area contributed by atoms with Gasteiger partial charge in [0, 0.05) is 25.1 Å². The van der Waals surface area contributed by atoms with Crippen molar-refractivity contribution in [1.82, 2.24) is 15.1 Å². The van der Waals surface area contributed by atoms with Gasteiger partial charge in [0.2, 0.25) is 0 Å². The molecule has 0 aliphatic carbocycles. The number of para-hydroxylation sites is 1. The highest BCUT2D eigenvalue weighted by Gasteiger charge is 2.11. The Morgan fingerprint density at radius 3 is 2.84 bits per heavy atom. The standard InChI is InChI=1S/C15H23N3O/c1-4-18-15-8-6-5-7-13(15)14(17-18)10-9-12(16-2)11-19-3/h5-8,12,16H,4,9-11H2,1-3H3.